The van der Waals surface area contributed by atoms with Crippen molar-refractivity contribution in [3.05, 3.63) is 52.6 Å². The summed E-state index contributed by atoms with van der Waals surface area (Å²) in [6.45, 7) is 9.18. The van der Waals surface area contributed by atoms with Crippen LogP contribution in [-0.2, 0) is 11.3 Å². The quantitative estimate of drug-likeness (QED) is 0.381. The Morgan fingerprint density at radius 1 is 1.14 bits per heavy atom. The predicted octanol–water partition coefficient (Wildman–Crippen LogP) is 2.63. The standard InChI is InChI=1S/C26H34N4O5/c1-6-30(5)13-19-7-16(2)8-21(11-19)26-28-25(29-35-26)20-9-17(3)24(18(4)10-20)34-15-22(32)12-27-23(33)14-31/h7-11,22,31-32H,6,12-15H2,1-5H3,(H,27,33)/t22-/m0/s1. The largest absolute Gasteiger partial charge is 0.490 e. The molecular formula is C26H34N4O5. The van der Waals surface area contributed by atoms with Crippen LogP contribution in [0.3, 0.4) is 0 Å². The number of ether oxygens (including phenoxy) is 1. The lowest BCUT2D eigenvalue weighted by Gasteiger charge is -2.16. The third kappa shape index (κ3) is 7.11. The van der Waals surface area contributed by atoms with E-state index in [0.29, 0.717) is 17.5 Å². The molecule has 1 aromatic heterocycles. The zero-order valence-electron chi connectivity index (χ0n) is 21.0. The van der Waals surface area contributed by atoms with Crippen LogP contribution < -0.4 is 10.1 Å². The summed E-state index contributed by atoms with van der Waals surface area (Å²) < 4.78 is 11.4. The molecule has 2 aromatic carbocycles. The van der Waals surface area contributed by atoms with Gasteiger partial charge in [-0.3, -0.25) is 4.79 Å². The summed E-state index contributed by atoms with van der Waals surface area (Å²) in [5.41, 5.74) is 5.73. The number of aryl methyl sites for hydroxylation is 3. The molecule has 3 rings (SSSR count). The van der Waals surface area contributed by atoms with Gasteiger partial charge in [-0.05, 0) is 75.3 Å². The van der Waals surface area contributed by atoms with E-state index in [4.69, 9.17) is 14.4 Å². The third-order valence-electron chi connectivity index (χ3n) is 5.62. The van der Waals surface area contributed by atoms with Gasteiger partial charge in [-0.1, -0.05) is 23.7 Å². The molecule has 3 N–H and O–H groups in total. The molecule has 0 aliphatic carbocycles. The number of rotatable bonds is 11. The van der Waals surface area contributed by atoms with Crippen LogP contribution in [0.4, 0.5) is 0 Å². The molecule has 0 aliphatic rings. The molecule has 9 nitrogen and oxygen atoms in total. The Kier molecular flexibility index (Phi) is 8.97. The van der Waals surface area contributed by atoms with E-state index in [2.05, 4.69) is 53.4 Å². The molecular weight excluding hydrogens is 448 g/mol. The molecule has 0 fully saturated rings. The summed E-state index contributed by atoms with van der Waals surface area (Å²) in [6, 6.07) is 10.1. The minimum Gasteiger partial charge on any atom is -0.490 e. The first-order valence-corrected chi connectivity index (χ1v) is 11.6. The predicted molar refractivity (Wildman–Crippen MR) is 133 cm³/mol. The van der Waals surface area contributed by atoms with Crippen molar-refractivity contribution in [2.24, 2.45) is 0 Å². The molecule has 1 heterocycles. The summed E-state index contributed by atoms with van der Waals surface area (Å²) in [7, 11) is 2.08. The number of carbonyl (C=O) groups excluding carboxylic acids is 1. The van der Waals surface area contributed by atoms with E-state index >= 15 is 0 Å². The maximum absolute atomic E-state index is 11.1. The average molecular weight is 483 g/mol. The van der Waals surface area contributed by atoms with Gasteiger partial charge in [0.1, 0.15) is 25.1 Å². The summed E-state index contributed by atoms with van der Waals surface area (Å²) in [4.78, 5) is 18.0. The number of aromatic nitrogens is 2. The number of benzene rings is 2. The van der Waals surface area contributed by atoms with Gasteiger partial charge in [0, 0.05) is 24.2 Å². The first kappa shape index (κ1) is 26.3. The summed E-state index contributed by atoms with van der Waals surface area (Å²) in [5.74, 6) is 1.05. The van der Waals surface area contributed by atoms with Gasteiger partial charge in [-0.2, -0.15) is 4.98 Å². The Morgan fingerprint density at radius 2 is 1.86 bits per heavy atom. The van der Waals surface area contributed by atoms with Crippen molar-refractivity contribution in [3.63, 3.8) is 0 Å². The van der Waals surface area contributed by atoms with E-state index in [1.165, 1.54) is 5.56 Å². The molecule has 1 atom stereocenters. The fourth-order valence-corrected chi connectivity index (χ4v) is 3.79. The van der Waals surface area contributed by atoms with Crippen LogP contribution in [0, 0.1) is 20.8 Å². The number of carbonyl (C=O) groups is 1. The van der Waals surface area contributed by atoms with Gasteiger partial charge in [-0.15, -0.1) is 0 Å². The normalized spacial score (nSPS) is 12.1. The molecule has 3 aromatic rings. The second kappa shape index (κ2) is 11.9. The first-order valence-electron chi connectivity index (χ1n) is 11.6. The van der Waals surface area contributed by atoms with Crippen LogP contribution in [0.1, 0.15) is 29.2 Å². The molecule has 9 heteroatoms. The van der Waals surface area contributed by atoms with Gasteiger partial charge in [0.05, 0.1) is 0 Å². The zero-order valence-corrected chi connectivity index (χ0v) is 21.0. The molecule has 0 bridgehead atoms. The number of aliphatic hydroxyl groups is 2. The maximum atomic E-state index is 11.1. The number of hydrogen-bond acceptors (Lipinski definition) is 8. The van der Waals surface area contributed by atoms with E-state index in [0.717, 1.165) is 40.9 Å². The summed E-state index contributed by atoms with van der Waals surface area (Å²) >= 11 is 0. The number of nitrogens with one attached hydrogen (secondary N) is 1. The topological polar surface area (TPSA) is 121 Å². The van der Waals surface area contributed by atoms with Gasteiger partial charge in [0.25, 0.3) is 5.89 Å². The minimum atomic E-state index is -0.903. The second-order valence-corrected chi connectivity index (χ2v) is 8.83. The van der Waals surface area contributed by atoms with Crippen LogP contribution in [0.2, 0.25) is 0 Å². The van der Waals surface area contributed by atoms with Crippen molar-refractivity contribution in [2.45, 2.75) is 40.3 Å². The van der Waals surface area contributed by atoms with Crippen molar-refractivity contribution in [3.8, 4) is 28.6 Å². The third-order valence-corrected chi connectivity index (χ3v) is 5.62. The highest BCUT2D eigenvalue weighted by Gasteiger charge is 2.16. The molecule has 188 valence electrons. The minimum absolute atomic E-state index is 0.00199. The van der Waals surface area contributed by atoms with Gasteiger partial charge >= 0.3 is 0 Å². The van der Waals surface area contributed by atoms with E-state index in [-0.39, 0.29) is 13.2 Å². The van der Waals surface area contributed by atoms with Crippen molar-refractivity contribution in [2.75, 3.05) is 33.4 Å². The number of aliphatic hydroxyl groups excluding tert-OH is 2. The van der Waals surface area contributed by atoms with Crippen LogP contribution in [-0.4, -0.2) is 70.6 Å². The number of hydrogen-bond donors (Lipinski definition) is 3. The highest BCUT2D eigenvalue weighted by atomic mass is 16.5. The van der Waals surface area contributed by atoms with E-state index in [1.807, 2.05) is 32.0 Å². The SMILES string of the molecule is CCN(C)Cc1cc(C)cc(-c2nc(-c3cc(C)c(OC[C@@H](O)CNC(=O)CO)c(C)c3)no2)c1. The molecule has 1 amide bonds. The number of nitrogens with zero attached hydrogens (tertiary/aromatic N) is 3. The van der Waals surface area contributed by atoms with Crippen molar-refractivity contribution < 1.29 is 24.3 Å². The van der Waals surface area contributed by atoms with Crippen LogP contribution in [0.5, 0.6) is 5.75 Å². The van der Waals surface area contributed by atoms with Crippen LogP contribution >= 0.6 is 0 Å². The Hall–Kier alpha value is -3.27. The molecule has 35 heavy (non-hydrogen) atoms. The highest BCUT2D eigenvalue weighted by Crippen LogP contribution is 2.30. The number of amides is 1. The van der Waals surface area contributed by atoms with Gasteiger partial charge in [0.15, 0.2) is 0 Å². The smallest absolute Gasteiger partial charge is 0.258 e. The highest BCUT2D eigenvalue weighted by molar-refractivity contribution is 5.76. The van der Waals surface area contributed by atoms with Crippen molar-refractivity contribution in [1.29, 1.82) is 0 Å². The lowest BCUT2D eigenvalue weighted by Crippen LogP contribution is -2.36. The lowest BCUT2D eigenvalue weighted by atomic mass is 10.0. The fraction of sp³-hybridized carbons (Fsp3) is 0.423. The Labute approximate surface area is 205 Å². The molecule has 0 radical (unpaired) electrons. The first-order chi connectivity index (χ1) is 16.7. The second-order valence-electron chi connectivity index (χ2n) is 8.83. The van der Waals surface area contributed by atoms with Gasteiger partial charge in [-0.25, -0.2) is 0 Å². The molecule has 0 saturated heterocycles. The van der Waals surface area contributed by atoms with Crippen molar-refractivity contribution in [1.82, 2.24) is 20.4 Å². The Morgan fingerprint density at radius 3 is 2.51 bits per heavy atom. The maximum Gasteiger partial charge on any atom is 0.258 e. The summed E-state index contributed by atoms with van der Waals surface area (Å²) in [5, 5.41) is 25.4. The lowest BCUT2D eigenvalue weighted by molar-refractivity contribution is -0.124. The fourth-order valence-electron chi connectivity index (χ4n) is 3.79. The Balaban J connectivity index is 1.74. The van der Waals surface area contributed by atoms with Gasteiger partial charge in [0.2, 0.25) is 11.7 Å². The van der Waals surface area contributed by atoms with E-state index in [9.17, 15) is 9.90 Å². The molecule has 0 spiro atoms. The van der Waals surface area contributed by atoms with Gasteiger partial charge < -0.3 is 29.7 Å². The Bertz CT molecular complexity index is 1140. The monoisotopic (exact) mass is 482 g/mol. The molecule has 0 aliphatic heterocycles. The molecule has 0 unspecified atom stereocenters. The van der Waals surface area contributed by atoms with Crippen LogP contribution in [0.25, 0.3) is 22.8 Å². The van der Waals surface area contributed by atoms with Crippen molar-refractivity contribution >= 4 is 5.91 Å². The zero-order chi connectivity index (χ0) is 25.5. The summed E-state index contributed by atoms with van der Waals surface area (Å²) in [6.07, 6.45) is -0.903. The average Bonchev–Trinajstić information content (AvgIpc) is 3.32. The van der Waals surface area contributed by atoms with Crippen LogP contribution in [0.15, 0.2) is 34.9 Å². The molecule has 0 saturated carbocycles. The van der Waals surface area contributed by atoms with E-state index in [1.54, 1.807) is 0 Å². The van der Waals surface area contributed by atoms with E-state index < -0.39 is 18.6 Å².